The molecule has 1 aliphatic carbocycles. The molecule has 0 spiro atoms. The fourth-order valence-corrected chi connectivity index (χ4v) is 4.40. The summed E-state index contributed by atoms with van der Waals surface area (Å²) in [6.45, 7) is 5.86. The third-order valence-electron chi connectivity index (χ3n) is 4.25. The Bertz CT molecular complexity index is 342. The highest BCUT2D eigenvalue weighted by Crippen LogP contribution is 2.27. The zero-order valence-corrected chi connectivity index (χ0v) is 12.2. The second-order valence-electron chi connectivity index (χ2n) is 5.70. The highest BCUT2D eigenvalue weighted by atomic mass is 32.2. The lowest BCUT2D eigenvalue weighted by Crippen LogP contribution is -2.45. The van der Waals surface area contributed by atoms with Crippen molar-refractivity contribution < 1.29 is 8.42 Å². The fraction of sp³-hybridized carbons (Fsp3) is 1.00. The summed E-state index contributed by atoms with van der Waals surface area (Å²) >= 11 is 0. The quantitative estimate of drug-likeness (QED) is 0.809. The Hall–Kier alpha value is -0.130. The van der Waals surface area contributed by atoms with Gasteiger partial charge in [0.15, 0.2) is 9.84 Å². The predicted octanol–water partition coefficient (Wildman–Crippen LogP) is 0.885. The molecule has 2 aliphatic rings. The van der Waals surface area contributed by atoms with Crippen molar-refractivity contribution in [1.29, 1.82) is 0 Å². The molecule has 0 aromatic heterocycles. The van der Waals surface area contributed by atoms with Crippen LogP contribution in [0.1, 0.15) is 32.6 Å². The van der Waals surface area contributed by atoms with Gasteiger partial charge >= 0.3 is 0 Å². The van der Waals surface area contributed by atoms with Crippen LogP contribution in [-0.4, -0.2) is 57.0 Å². The van der Waals surface area contributed by atoms with Crippen LogP contribution in [0.25, 0.3) is 0 Å². The lowest BCUT2D eigenvalue weighted by molar-refractivity contribution is 0.227. The van der Waals surface area contributed by atoms with E-state index in [1.165, 1.54) is 25.7 Å². The summed E-state index contributed by atoms with van der Waals surface area (Å²) in [7, 11) is -2.73. The minimum Gasteiger partial charge on any atom is -0.314 e. The maximum absolute atomic E-state index is 11.4. The van der Waals surface area contributed by atoms with Gasteiger partial charge in [-0.05, 0) is 31.7 Å². The maximum Gasteiger partial charge on any atom is 0.152 e. The van der Waals surface area contributed by atoms with E-state index in [-0.39, 0.29) is 0 Å². The lowest BCUT2D eigenvalue weighted by atomic mass is 10.0. The third-order valence-corrected chi connectivity index (χ3v) is 5.85. The molecule has 1 heterocycles. The SMILES string of the molecule is CCCNC1CCCC1CN1CCS(=O)(=O)CC1. The molecule has 18 heavy (non-hydrogen) atoms. The van der Waals surface area contributed by atoms with Gasteiger partial charge in [0.1, 0.15) is 0 Å². The zero-order valence-electron chi connectivity index (χ0n) is 11.4. The van der Waals surface area contributed by atoms with Crippen molar-refractivity contribution in [3.63, 3.8) is 0 Å². The normalized spacial score (nSPS) is 32.7. The van der Waals surface area contributed by atoms with E-state index < -0.39 is 9.84 Å². The van der Waals surface area contributed by atoms with Gasteiger partial charge in [-0.2, -0.15) is 0 Å². The first-order valence-corrected chi connectivity index (χ1v) is 9.09. The molecule has 2 rings (SSSR count). The van der Waals surface area contributed by atoms with Crippen LogP contribution in [0.3, 0.4) is 0 Å². The zero-order chi connectivity index (χ0) is 13.0. The van der Waals surface area contributed by atoms with Crippen LogP contribution < -0.4 is 5.32 Å². The van der Waals surface area contributed by atoms with Crippen molar-refractivity contribution in [2.24, 2.45) is 5.92 Å². The average molecular weight is 274 g/mol. The summed E-state index contributed by atoms with van der Waals surface area (Å²) in [6, 6.07) is 0.656. The first-order valence-electron chi connectivity index (χ1n) is 7.27. The first-order chi connectivity index (χ1) is 8.61. The molecule has 106 valence electrons. The molecular weight excluding hydrogens is 248 g/mol. The Morgan fingerprint density at radius 2 is 1.94 bits per heavy atom. The molecule has 0 amide bonds. The number of rotatable bonds is 5. The highest BCUT2D eigenvalue weighted by molar-refractivity contribution is 7.91. The summed E-state index contributed by atoms with van der Waals surface area (Å²) in [4.78, 5) is 2.34. The van der Waals surface area contributed by atoms with Gasteiger partial charge in [0.05, 0.1) is 11.5 Å². The van der Waals surface area contributed by atoms with Crippen molar-refractivity contribution in [2.45, 2.75) is 38.6 Å². The molecule has 2 atom stereocenters. The molecule has 1 saturated carbocycles. The Kier molecular flexibility index (Phi) is 5.04. The van der Waals surface area contributed by atoms with Crippen molar-refractivity contribution in [3.8, 4) is 0 Å². The van der Waals surface area contributed by atoms with Crippen LogP contribution in [0.4, 0.5) is 0 Å². The lowest BCUT2D eigenvalue weighted by Gasteiger charge is -2.31. The second kappa shape index (κ2) is 6.35. The number of nitrogens with zero attached hydrogens (tertiary/aromatic N) is 1. The molecule has 1 saturated heterocycles. The largest absolute Gasteiger partial charge is 0.314 e. The van der Waals surface area contributed by atoms with Crippen LogP contribution in [-0.2, 0) is 9.84 Å². The van der Waals surface area contributed by atoms with Gasteiger partial charge in [-0.1, -0.05) is 13.3 Å². The molecule has 4 nitrogen and oxygen atoms in total. The number of hydrogen-bond donors (Lipinski definition) is 1. The second-order valence-corrected chi connectivity index (χ2v) is 8.01. The van der Waals surface area contributed by atoms with Gasteiger partial charge in [-0.15, -0.1) is 0 Å². The smallest absolute Gasteiger partial charge is 0.152 e. The van der Waals surface area contributed by atoms with Crippen molar-refractivity contribution in [3.05, 3.63) is 0 Å². The summed E-state index contributed by atoms with van der Waals surface area (Å²) < 4.78 is 22.8. The Balaban J connectivity index is 1.78. The third kappa shape index (κ3) is 3.93. The van der Waals surface area contributed by atoms with E-state index in [0.29, 0.717) is 17.5 Å². The minimum atomic E-state index is -2.73. The molecule has 5 heteroatoms. The van der Waals surface area contributed by atoms with E-state index in [9.17, 15) is 8.42 Å². The molecule has 1 N–H and O–H groups in total. The predicted molar refractivity (Wildman–Crippen MR) is 74.5 cm³/mol. The maximum atomic E-state index is 11.4. The molecular formula is C13H26N2O2S. The van der Waals surface area contributed by atoms with Gasteiger partial charge in [0, 0.05) is 25.7 Å². The van der Waals surface area contributed by atoms with E-state index in [0.717, 1.165) is 32.1 Å². The van der Waals surface area contributed by atoms with Gasteiger partial charge in [0.25, 0.3) is 0 Å². The minimum absolute atomic E-state index is 0.354. The molecule has 0 aromatic rings. The molecule has 1 aliphatic heterocycles. The fourth-order valence-electron chi connectivity index (χ4n) is 3.12. The van der Waals surface area contributed by atoms with E-state index >= 15 is 0 Å². The van der Waals surface area contributed by atoms with Crippen LogP contribution >= 0.6 is 0 Å². The molecule has 2 fully saturated rings. The van der Waals surface area contributed by atoms with Crippen molar-refractivity contribution in [1.82, 2.24) is 10.2 Å². The Morgan fingerprint density at radius 1 is 1.22 bits per heavy atom. The topological polar surface area (TPSA) is 49.4 Å². The summed E-state index contributed by atoms with van der Waals surface area (Å²) in [5.41, 5.74) is 0. The average Bonchev–Trinajstić information content (AvgIpc) is 2.77. The summed E-state index contributed by atoms with van der Waals surface area (Å²) in [6.07, 6.45) is 5.09. The van der Waals surface area contributed by atoms with Crippen LogP contribution in [0.2, 0.25) is 0 Å². The van der Waals surface area contributed by atoms with E-state index in [2.05, 4.69) is 17.1 Å². The van der Waals surface area contributed by atoms with E-state index in [1.807, 2.05) is 0 Å². The van der Waals surface area contributed by atoms with Crippen molar-refractivity contribution in [2.75, 3.05) is 37.7 Å². The van der Waals surface area contributed by atoms with Crippen LogP contribution in [0.15, 0.2) is 0 Å². The molecule has 0 aromatic carbocycles. The standard InChI is InChI=1S/C13H26N2O2S/c1-2-6-14-13-5-3-4-12(13)11-15-7-9-18(16,17)10-8-15/h12-14H,2-11H2,1H3. The van der Waals surface area contributed by atoms with Crippen molar-refractivity contribution >= 4 is 9.84 Å². The summed E-state index contributed by atoms with van der Waals surface area (Å²) in [5, 5.41) is 3.64. The molecule has 0 radical (unpaired) electrons. The van der Waals surface area contributed by atoms with Crippen LogP contribution in [0.5, 0.6) is 0 Å². The monoisotopic (exact) mass is 274 g/mol. The first kappa shape index (κ1) is 14.3. The Morgan fingerprint density at radius 3 is 2.61 bits per heavy atom. The van der Waals surface area contributed by atoms with Crippen LogP contribution in [0, 0.1) is 5.92 Å². The van der Waals surface area contributed by atoms with E-state index in [1.54, 1.807) is 0 Å². The molecule has 2 unspecified atom stereocenters. The number of sulfone groups is 1. The van der Waals surface area contributed by atoms with Gasteiger partial charge in [0.2, 0.25) is 0 Å². The summed E-state index contributed by atoms with van der Waals surface area (Å²) in [5.74, 6) is 1.43. The van der Waals surface area contributed by atoms with Gasteiger partial charge < -0.3 is 10.2 Å². The van der Waals surface area contributed by atoms with Gasteiger partial charge in [-0.25, -0.2) is 8.42 Å². The number of hydrogen-bond acceptors (Lipinski definition) is 4. The van der Waals surface area contributed by atoms with Gasteiger partial charge in [-0.3, -0.25) is 0 Å². The Labute approximate surface area is 111 Å². The van der Waals surface area contributed by atoms with E-state index in [4.69, 9.17) is 0 Å². The highest BCUT2D eigenvalue weighted by Gasteiger charge is 2.30. The molecule has 0 bridgehead atoms. The number of nitrogens with one attached hydrogen (secondary N) is 1.